The van der Waals surface area contributed by atoms with Crippen LogP contribution >= 0.6 is 38.9 Å². The Morgan fingerprint density at radius 1 is 1.35 bits per heavy atom. The molecule has 1 aromatic heterocycles. The first kappa shape index (κ1) is 12.8. The molecule has 2 aromatic rings. The number of carbonyl (C=O) groups excluding carboxylic acids is 1. The molecule has 2 rings (SSSR count). The van der Waals surface area contributed by atoms with Crippen LogP contribution < -0.4 is 0 Å². The van der Waals surface area contributed by atoms with Crippen LogP contribution in [0.3, 0.4) is 0 Å². The van der Waals surface area contributed by atoms with Crippen molar-refractivity contribution in [3.63, 3.8) is 0 Å². The van der Waals surface area contributed by atoms with E-state index in [9.17, 15) is 4.79 Å². The number of Topliss-reactive ketones (excluding diaryl/α,β-unsaturated/α-hetero) is 1. The summed E-state index contributed by atoms with van der Waals surface area (Å²) in [6, 6.07) is 9.34. The highest BCUT2D eigenvalue weighted by Gasteiger charge is 2.11. The van der Waals surface area contributed by atoms with Crippen LogP contribution in [-0.2, 0) is 6.42 Å². The summed E-state index contributed by atoms with van der Waals surface area (Å²) >= 11 is 10.9. The standard InChI is InChI=1S/C13H10BrClOS/c1-8-2-3-9(15)6-11(8)12(16)7-10-4-5-13(14)17-10/h2-6H,7H2,1H3. The maximum Gasteiger partial charge on any atom is 0.168 e. The Kier molecular flexibility index (Phi) is 4.02. The molecule has 1 heterocycles. The van der Waals surface area contributed by atoms with Crippen LogP contribution in [0.25, 0.3) is 0 Å². The minimum absolute atomic E-state index is 0.111. The van der Waals surface area contributed by atoms with Gasteiger partial charge in [-0.15, -0.1) is 11.3 Å². The van der Waals surface area contributed by atoms with Gasteiger partial charge in [-0.1, -0.05) is 17.7 Å². The van der Waals surface area contributed by atoms with Crippen LogP contribution in [0.2, 0.25) is 5.02 Å². The number of halogens is 2. The van der Waals surface area contributed by atoms with Gasteiger partial charge in [-0.05, 0) is 52.7 Å². The summed E-state index contributed by atoms with van der Waals surface area (Å²) in [6.07, 6.45) is 0.428. The van der Waals surface area contributed by atoms with Crippen molar-refractivity contribution in [2.45, 2.75) is 13.3 Å². The Bertz CT molecular complexity index is 562. The third-order valence-corrected chi connectivity index (χ3v) is 4.32. The number of carbonyl (C=O) groups is 1. The zero-order valence-corrected chi connectivity index (χ0v) is 12.3. The van der Waals surface area contributed by atoms with Crippen LogP contribution in [-0.4, -0.2) is 5.78 Å². The average Bonchev–Trinajstić information content (AvgIpc) is 2.67. The van der Waals surface area contributed by atoms with E-state index in [1.165, 1.54) is 0 Å². The topological polar surface area (TPSA) is 17.1 Å². The molecule has 1 nitrogen and oxygen atoms in total. The first-order chi connectivity index (χ1) is 8.06. The largest absolute Gasteiger partial charge is 0.294 e. The lowest BCUT2D eigenvalue weighted by Gasteiger charge is -2.04. The maximum absolute atomic E-state index is 12.1. The van der Waals surface area contributed by atoms with Crippen LogP contribution in [0.4, 0.5) is 0 Å². The molecule has 0 spiro atoms. The second-order valence-electron chi connectivity index (χ2n) is 3.77. The quantitative estimate of drug-likeness (QED) is 0.732. The SMILES string of the molecule is Cc1ccc(Cl)cc1C(=O)Cc1ccc(Br)s1. The highest BCUT2D eigenvalue weighted by molar-refractivity contribution is 9.11. The number of aryl methyl sites for hydroxylation is 1. The van der Waals surface area contributed by atoms with Crippen molar-refractivity contribution < 1.29 is 4.79 Å². The smallest absolute Gasteiger partial charge is 0.168 e. The van der Waals surface area contributed by atoms with Crippen LogP contribution in [0, 0.1) is 6.92 Å². The molecule has 0 fully saturated rings. The van der Waals surface area contributed by atoms with E-state index < -0.39 is 0 Å². The van der Waals surface area contributed by atoms with E-state index in [-0.39, 0.29) is 5.78 Å². The lowest BCUT2D eigenvalue weighted by atomic mass is 10.0. The van der Waals surface area contributed by atoms with Gasteiger partial charge in [0.05, 0.1) is 3.79 Å². The van der Waals surface area contributed by atoms with Gasteiger partial charge in [0, 0.05) is 21.9 Å². The molecule has 0 bridgehead atoms. The summed E-state index contributed by atoms with van der Waals surface area (Å²) in [4.78, 5) is 13.2. The normalized spacial score (nSPS) is 10.5. The molecule has 0 atom stereocenters. The Labute approximate surface area is 118 Å². The fraction of sp³-hybridized carbons (Fsp3) is 0.154. The van der Waals surface area contributed by atoms with Gasteiger partial charge in [0.15, 0.2) is 5.78 Å². The van der Waals surface area contributed by atoms with E-state index in [2.05, 4.69) is 15.9 Å². The molecule has 0 aliphatic heterocycles. The van der Waals surface area contributed by atoms with E-state index in [4.69, 9.17) is 11.6 Å². The van der Waals surface area contributed by atoms with E-state index in [1.54, 1.807) is 23.5 Å². The molecule has 0 unspecified atom stereocenters. The van der Waals surface area contributed by atoms with Crippen LogP contribution in [0.5, 0.6) is 0 Å². The summed E-state index contributed by atoms with van der Waals surface area (Å²) in [5.41, 5.74) is 1.68. The lowest BCUT2D eigenvalue weighted by molar-refractivity contribution is 0.0993. The molecule has 0 saturated heterocycles. The van der Waals surface area contributed by atoms with Gasteiger partial charge in [-0.25, -0.2) is 0 Å². The summed E-state index contributed by atoms with van der Waals surface area (Å²) in [6.45, 7) is 1.92. The van der Waals surface area contributed by atoms with Crippen molar-refractivity contribution in [2.24, 2.45) is 0 Å². The molecule has 4 heteroatoms. The first-order valence-corrected chi connectivity index (χ1v) is 7.08. The molecule has 0 aliphatic carbocycles. The lowest BCUT2D eigenvalue weighted by Crippen LogP contribution is -2.04. The predicted molar refractivity (Wildman–Crippen MR) is 76.2 cm³/mol. The zero-order valence-electron chi connectivity index (χ0n) is 9.17. The van der Waals surface area contributed by atoms with Crippen molar-refractivity contribution >= 4 is 44.7 Å². The number of ketones is 1. The Balaban J connectivity index is 2.22. The average molecular weight is 330 g/mol. The monoisotopic (exact) mass is 328 g/mol. The predicted octanol–water partition coefficient (Wildman–Crippen LogP) is 4.90. The molecular weight excluding hydrogens is 320 g/mol. The zero-order chi connectivity index (χ0) is 12.4. The second kappa shape index (κ2) is 5.34. The molecule has 0 amide bonds. The third kappa shape index (κ3) is 3.18. The van der Waals surface area contributed by atoms with Crippen molar-refractivity contribution in [2.75, 3.05) is 0 Å². The third-order valence-electron chi connectivity index (χ3n) is 2.46. The minimum Gasteiger partial charge on any atom is -0.294 e. The number of hydrogen-bond acceptors (Lipinski definition) is 2. The van der Waals surface area contributed by atoms with Gasteiger partial charge in [0.25, 0.3) is 0 Å². The first-order valence-electron chi connectivity index (χ1n) is 5.10. The highest BCUT2D eigenvalue weighted by atomic mass is 79.9. The summed E-state index contributed by atoms with van der Waals surface area (Å²) in [7, 11) is 0. The molecule has 0 aliphatic rings. The van der Waals surface area contributed by atoms with Crippen molar-refractivity contribution in [3.8, 4) is 0 Å². The van der Waals surface area contributed by atoms with Gasteiger partial charge in [-0.3, -0.25) is 4.79 Å². The molecule has 0 radical (unpaired) electrons. The number of hydrogen-bond donors (Lipinski definition) is 0. The van der Waals surface area contributed by atoms with E-state index >= 15 is 0 Å². The molecule has 0 saturated carbocycles. The molecule has 0 N–H and O–H groups in total. The number of rotatable bonds is 3. The van der Waals surface area contributed by atoms with Gasteiger partial charge in [0.2, 0.25) is 0 Å². The van der Waals surface area contributed by atoms with E-state index in [0.717, 1.165) is 14.2 Å². The van der Waals surface area contributed by atoms with E-state index in [1.807, 2.05) is 25.1 Å². The van der Waals surface area contributed by atoms with Gasteiger partial charge in [-0.2, -0.15) is 0 Å². The number of thiophene rings is 1. The molecule has 1 aromatic carbocycles. The Morgan fingerprint density at radius 2 is 2.12 bits per heavy atom. The minimum atomic E-state index is 0.111. The molecule has 88 valence electrons. The van der Waals surface area contributed by atoms with Gasteiger partial charge >= 0.3 is 0 Å². The van der Waals surface area contributed by atoms with Crippen molar-refractivity contribution in [3.05, 3.63) is 55.1 Å². The van der Waals surface area contributed by atoms with Crippen LogP contribution in [0.1, 0.15) is 20.8 Å². The van der Waals surface area contributed by atoms with E-state index in [0.29, 0.717) is 17.0 Å². The highest BCUT2D eigenvalue weighted by Crippen LogP contribution is 2.24. The van der Waals surface area contributed by atoms with Gasteiger partial charge in [0.1, 0.15) is 0 Å². The van der Waals surface area contributed by atoms with Gasteiger partial charge < -0.3 is 0 Å². The summed E-state index contributed by atoms with van der Waals surface area (Å²) < 4.78 is 1.04. The fourth-order valence-corrected chi connectivity index (χ4v) is 3.25. The molecular formula is C13H10BrClOS. The number of benzene rings is 1. The fourth-order valence-electron chi connectivity index (χ4n) is 1.59. The summed E-state index contributed by atoms with van der Waals surface area (Å²) in [5.74, 6) is 0.111. The van der Waals surface area contributed by atoms with Crippen molar-refractivity contribution in [1.29, 1.82) is 0 Å². The maximum atomic E-state index is 12.1. The van der Waals surface area contributed by atoms with Crippen molar-refractivity contribution in [1.82, 2.24) is 0 Å². The Hall–Kier alpha value is -0.640. The van der Waals surface area contributed by atoms with Crippen LogP contribution in [0.15, 0.2) is 34.1 Å². The Morgan fingerprint density at radius 3 is 2.76 bits per heavy atom. The summed E-state index contributed by atoms with van der Waals surface area (Å²) in [5, 5.41) is 0.603. The second-order valence-corrected chi connectivity index (χ2v) is 6.75. The molecule has 17 heavy (non-hydrogen) atoms.